The summed E-state index contributed by atoms with van der Waals surface area (Å²) >= 11 is 17.8. The van der Waals surface area contributed by atoms with Gasteiger partial charge in [0.1, 0.15) is 21.9 Å². The van der Waals surface area contributed by atoms with Gasteiger partial charge in [-0.3, -0.25) is 0 Å². The van der Waals surface area contributed by atoms with Gasteiger partial charge in [-0.25, -0.2) is 15.0 Å². The first-order valence-corrected chi connectivity index (χ1v) is 8.69. The molecule has 28 heavy (non-hydrogen) atoms. The zero-order valence-electron chi connectivity index (χ0n) is 14.0. The molecular weight excluding hydrogens is 440 g/mol. The number of hydrogen-bond acceptors (Lipinski definition) is 5. The quantitative estimate of drug-likeness (QED) is 0.476. The van der Waals surface area contributed by atoms with E-state index in [1.165, 1.54) is 31.4 Å². The molecule has 1 N–H and O–H groups in total. The van der Waals surface area contributed by atoms with Crippen LogP contribution in [-0.2, 0) is 6.18 Å². The molecule has 0 fully saturated rings. The van der Waals surface area contributed by atoms with Gasteiger partial charge in [0.2, 0.25) is 0 Å². The predicted molar refractivity (Wildman–Crippen MR) is 102 cm³/mol. The van der Waals surface area contributed by atoms with Gasteiger partial charge in [0.05, 0.1) is 17.8 Å². The Kier molecular flexibility index (Phi) is 5.83. The van der Waals surface area contributed by atoms with Gasteiger partial charge in [0, 0.05) is 17.7 Å². The van der Waals surface area contributed by atoms with Gasteiger partial charge in [-0.2, -0.15) is 13.2 Å². The van der Waals surface area contributed by atoms with E-state index in [1.54, 1.807) is 6.07 Å². The minimum atomic E-state index is -4.70. The van der Waals surface area contributed by atoms with Gasteiger partial charge < -0.3 is 10.1 Å². The Bertz CT molecular complexity index is 1010. The first-order chi connectivity index (χ1) is 13.2. The number of nitrogens with zero attached hydrogens (tertiary/aromatic N) is 3. The molecule has 0 amide bonds. The minimum Gasteiger partial charge on any atom is -0.497 e. The molecule has 3 rings (SSSR count). The SMILES string of the molecule is COc1ccc(Cl)c(Nc2cc(C(F)(F)F)nc(-c3cc(Cl)nc(Cl)c3)n2)c1. The molecule has 0 atom stereocenters. The Morgan fingerprint density at radius 2 is 1.61 bits per heavy atom. The molecule has 0 aliphatic carbocycles. The van der Waals surface area contributed by atoms with Crippen LogP contribution in [0.15, 0.2) is 36.4 Å². The first kappa shape index (κ1) is 20.4. The van der Waals surface area contributed by atoms with Crippen LogP contribution in [0, 0.1) is 0 Å². The fraction of sp³-hybridized carbons (Fsp3) is 0.118. The Hall–Kier alpha value is -2.29. The summed E-state index contributed by atoms with van der Waals surface area (Å²) in [5.41, 5.74) is -0.663. The number of anilines is 2. The van der Waals surface area contributed by atoms with E-state index in [9.17, 15) is 13.2 Å². The van der Waals surface area contributed by atoms with E-state index in [0.717, 1.165) is 6.07 Å². The smallest absolute Gasteiger partial charge is 0.433 e. The molecule has 0 aliphatic heterocycles. The highest BCUT2D eigenvalue weighted by atomic mass is 35.5. The van der Waals surface area contributed by atoms with Crippen molar-refractivity contribution in [3.05, 3.63) is 57.4 Å². The molecule has 0 unspecified atom stereocenters. The fourth-order valence-electron chi connectivity index (χ4n) is 2.24. The topological polar surface area (TPSA) is 59.9 Å². The number of rotatable bonds is 4. The van der Waals surface area contributed by atoms with E-state index in [4.69, 9.17) is 39.5 Å². The number of pyridine rings is 1. The van der Waals surface area contributed by atoms with E-state index in [1.807, 2.05) is 0 Å². The largest absolute Gasteiger partial charge is 0.497 e. The summed E-state index contributed by atoms with van der Waals surface area (Å²) in [6.45, 7) is 0. The van der Waals surface area contributed by atoms with Crippen molar-refractivity contribution >= 4 is 46.3 Å². The number of methoxy groups -OCH3 is 1. The van der Waals surface area contributed by atoms with Crippen molar-refractivity contribution in [3.8, 4) is 17.1 Å². The molecule has 11 heteroatoms. The maximum absolute atomic E-state index is 13.3. The van der Waals surface area contributed by atoms with Crippen molar-refractivity contribution < 1.29 is 17.9 Å². The number of hydrogen-bond donors (Lipinski definition) is 1. The number of aromatic nitrogens is 3. The predicted octanol–water partition coefficient (Wildman–Crippen LogP) is 6.27. The van der Waals surface area contributed by atoms with E-state index < -0.39 is 11.9 Å². The van der Waals surface area contributed by atoms with Gasteiger partial charge >= 0.3 is 6.18 Å². The Labute approximate surface area is 172 Å². The molecule has 0 bridgehead atoms. The van der Waals surface area contributed by atoms with Crippen LogP contribution in [0.1, 0.15) is 5.69 Å². The molecule has 5 nitrogen and oxygen atoms in total. The number of benzene rings is 1. The third-order valence-electron chi connectivity index (χ3n) is 3.47. The van der Waals surface area contributed by atoms with Crippen molar-refractivity contribution in [1.29, 1.82) is 0 Å². The molecule has 146 valence electrons. The highest BCUT2D eigenvalue weighted by Crippen LogP contribution is 2.34. The van der Waals surface area contributed by atoms with E-state index in [-0.39, 0.29) is 32.5 Å². The van der Waals surface area contributed by atoms with Crippen LogP contribution < -0.4 is 10.1 Å². The molecule has 2 heterocycles. The lowest BCUT2D eigenvalue weighted by atomic mass is 10.2. The van der Waals surface area contributed by atoms with Crippen LogP contribution in [0.2, 0.25) is 15.3 Å². The summed E-state index contributed by atoms with van der Waals surface area (Å²) in [5, 5.41) is 3.01. The lowest BCUT2D eigenvalue weighted by Crippen LogP contribution is -2.11. The maximum Gasteiger partial charge on any atom is 0.433 e. The summed E-state index contributed by atoms with van der Waals surface area (Å²) in [6, 6.07) is 8.07. The summed E-state index contributed by atoms with van der Waals surface area (Å²) < 4.78 is 45.1. The van der Waals surface area contributed by atoms with Crippen molar-refractivity contribution in [3.63, 3.8) is 0 Å². The van der Waals surface area contributed by atoms with Crippen molar-refractivity contribution in [1.82, 2.24) is 15.0 Å². The van der Waals surface area contributed by atoms with Crippen molar-refractivity contribution in [2.75, 3.05) is 12.4 Å². The van der Waals surface area contributed by atoms with Crippen molar-refractivity contribution in [2.24, 2.45) is 0 Å². The van der Waals surface area contributed by atoms with Crippen LogP contribution in [0.5, 0.6) is 5.75 Å². The van der Waals surface area contributed by atoms with Crippen LogP contribution in [0.4, 0.5) is 24.7 Å². The second-order valence-electron chi connectivity index (χ2n) is 5.43. The van der Waals surface area contributed by atoms with Gasteiger partial charge in [0.15, 0.2) is 11.5 Å². The second kappa shape index (κ2) is 7.98. The van der Waals surface area contributed by atoms with Crippen LogP contribution in [0.3, 0.4) is 0 Å². The number of alkyl halides is 3. The summed E-state index contributed by atoms with van der Waals surface area (Å²) in [5.74, 6) is 0.101. The summed E-state index contributed by atoms with van der Waals surface area (Å²) in [7, 11) is 1.45. The lowest BCUT2D eigenvalue weighted by Gasteiger charge is -2.13. The summed E-state index contributed by atoms with van der Waals surface area (Å²) in [4.78, 5) is 11.5. The van der Waals surface area contributed by atoms with Gasteiger partial charge in [-0.15, -0.1) is 0 Å². The normalized spacial score (nSPS) is 11.4. The molecule has 1 aromatic carbocycles. The van der Waals surface area contributed by atoms with E-state index in [2.05, 4.69) is 20.3 Å². The minimum absolute atomic E-state index is 0.00568. The number of halogens is 6. The van der Waals surface area contributed by atoms with E-state index in [0.29, 0.717) is 11.4 Å². The Morgan fingerprint density at radius 3 is 2.21 bits per heavy atom. The second-order valence-corrected chi connectivity index (χ2v) is 6.61. The Balaban J connectivity index is 2.11. The average Bonchev–Trinajstić information content (AvgIpc) is 2.62. The number of nitrogens with one attached hydrogen (secondary N) is 1. The molecule has 2 aromatic heterocycles. The molecule has 0 saturated heterocycles. The summed E-state index contributed by atoms with van der Waals surface area (Å²) in [6.07, 6.45) is -4.70. The lowest BCUT2D eigenvalue weighted by molar-refractivity contribution is -0.141. The zero-order valence-corrected chi connectivity index (χ0v) is 16.2. The van der Waals surface area contributed by atoms with Gasteiger partial charge in [-0.05, 0) is 24.3 Å². The van der Waals surface area contributed by atoms with Gasteiger partial charge in [-0.1, -0.05) is 34.8 Å². The third kappa shape index (κ3) is 4.76. The first-order valence-electron chi connectivity index (χ1n) is 7.56. The number of ether oxygens (including phenoxy) is 1. The molecule has 0 spiro atoms. The van der Waals surface area contributed by atoms with Gasteiger partial charge in [0.25, 0.3) is 0 Å². The third-order valence-corrected chi connectivity index (χ3v) is 4.19. The van der Waals surface area contributed by atoms with Crippen LogP contribution in [-0.4, -0.2) is 22.1 Å². The standard InChI is InChI=1S/C17H10Cl3F3N4O/c1-28-9-2-3-10(18)11(6-9)24-15-7-12(17(21,22)23)25-16(27-15)8-4-13(19)26-14(20)5-8/h2-7H,1H3,(H,24,25,27). The molecule has 3 aromatic rings. The molecule has 0 saturated carbocycles. The average molecular weight is 450 g/mol. The Morgan fingerprint density at radius 1 is 0.929 bits per heavy atom. The zero-order chi connectivity index (χ0) is 20.5. The van der Waals surface area contributed by atoms with Crippen LogP contribution >= 0.6 is 34.8 Å². The fourth-order valence-corrected chi connectivity index (χ4v) is 2.87. The molecular formula is C17H10Cl3F3N4O. The highest BCUT2D eigenvalue weighted by Gasteiger charge is 2.34. The van der Waals surface area contributed by atoms with Crippen LogP contribution in [0.25, 0.3) is 11.4 Å². The monoisotopic (exact) mass is 448 g/mol. The van der Waals surface area contributed by atoms with E-state index >= 15 is 0 Å². The maximum atomic E-state index is 13.3. The molecule has 0 radical (unpaired) electrons. The van der Waals surface area contributed by atoms with Crippen molar-refractivity contribution in [2.45, 2.75) is 6.18 Å². The highest BCUT2D eigenvalue weighted by molar-refractivity contribution is 6.33. The molecule has 0 aliphatic rings.